The van der Waals surface area contributed by atoms with Gasteiger partial charge in [-0.3, -0.25) is 4.90 Å². The number of benzene rings is 1. The Morgan fingerprint density at radius 2 is 2.04 bits per heavy atom. The lowest BCUT2D eigenvalue weighted by molar-refractivity contribution is 0.162. The van der Waals surface area contributed by atoms with Crippen LogP contribution >= 0.6 is 40.7 Å². The molecule has 0 aromatic heterocycles. The summed E-state index contributed by atoms with van der Waals surface area (Å²) in [5.41, 5.74) is 0.915. The second-order valence-corrected chi connectivity index (χ2v) is 6.03. The average Bonchev–Trinajstić information content (AvgIpc) is 2.51. The summed E-state index contributed by atoms with van der Waals surface area (Å²) < 4.78 is 6.19. The van der Waals surface area contributed by atoms with E-state index in [-0.39, 0.29) is 36.6 Å². The summed E-state index contributed by atoms with van der Waals surface area (Å²) in [6, 6.07) is 3.89. The molecule has 1 aromatic carbocycles. The van der Waals surface area contributed by atoms with Gasteiger partial charge in [0.25, 0.3) is 0 Å². The molecular formula is C16H25BrCl2N2O2. The molecule has 1 fully saturated rings. The third-order valence-corrected chi connectivity index (χ3v) is 4.61. The molecule has 7 heteroatoms. The normalized spacial score (nSPS) is 15.9. The van der Waals surface area contributed by atoms with Gasteiger partial charge in [-0.2, -0.15) is 0 Å². The molecule has 23 heavy (non-hydrogen) atoms. The summed E-state index contributed by atoms with van der Waals surface area (Å²) in [4.78, 5) is 2.42. The zero-order chi connectivity index (χ0) is 15.2. The van der Waals surface area contributed by atoms with Crippen molar-refractivity contribution in [3.8, 4) is 11.5 Å². The van der Waals surface area contributed by atoms with E-state index in [1.807, 2.05) is 12.1 Å². The van der Waals surface area contributed by atoms with Crippen LogP contribution in [0.15, 0.2) is 29.3 Å². The fraction of sp³-hybridized carbons (Fsp3) is 0.500. The van der Waals surface area contributed by atoms with Crippen molar-refractivity contribution in [1.29, 1.82) is 0 Å². The van der Waals surface area contributed by atoms with Crippen molar-refractivity contribution in [2.24, 2.45) is 0 Å². The highest BCUT2D eigenvalue weighted by atomic mass is 79.9. The Kier molecular flexibility index (Phi) is 10.9. The summed E-state index contributed by atoms with van der Waals surface area (Å²) in [7, 11) is 1.58. The van der Waals surface area contributed by atoms with Crippen molar-refractivity contribution in [1.82, 2.24) is 10.2 Å². The highest BCUT2D eigenvalue weighted by Gasteiger charge is 2.27. The molecule has 132 valence electrons. The first-order valence-electron chi connectivity index (χ1n) is 7.30. The Bertz CT molecular complexity index is 497. The lowest BCUT2D eigenvalue weighted by atomic mass is 9.98. The van der Waals surface area contributed by atoms with E-state index >= 15 is 0 Å². The first-order chi connectivity index (χ1) is 10.2. The van der Waals surface area contributed by atoms with Gasteiger partial charge in [0.2, 0.25) is 0 Å². The predicted molar refractivity (Wildman–Crippen MR) is 103 cm³/mol. The molecule has 4 nitrogen and oxygen atoms in total. The van der Waals surface area contributed by atoms with Crippen molar-refractivity contribution in [2.75, 3.05) is 33.3 Å². The topological polar surface area (TPSA) is 44.7 Å². The lowest BCUT2D eigenvalue weighted by Gasteiger charge is -2.36. The second-order valence-electron chi connectivity index (χ2n) is 5.18. The van der Waals surface area contributed by atoms with Gasteiger partial charge >= 0.3 is 0 Å². The first-order valence-corrected chi connectivity index (χ1v) is 8.09. The fourth-order valence-corrected chi connectivity index (χ4v) is 3.41. The minimum atomic E-state index is 0. The highest BCUT2D eigenvalue weighted by Crippen LogP contribution is 2.42. The highest BCUT2D eigenvalue weighted by molar-refractivity contribution is 9.10. The summed E-state index contributed by atoms with van der Waals surface area (Å²) in [5, 5.41) is 13.9. The maximum Gasteiger partial charge on any atom is 0.163 e. The van der Waals surface area contributed by atoms with Gasteiger partial charge in [-0.25, -0.2) is 0 Å². The monoisotopic (exact) mass is 426 g/mol. The van der Waals surface area contributed by atoms with Crippen LogP contribution in [0.25, 0.3) is 0 Å². The van der Waals surface area contributed by atoms with Crippen LogP contribution in [0.4, 0.5) is 0 Å². The molecule has 1 aromatic rings. The van der Waals surface area contributed by atoms with E-state index in [1.165, 1.54) is 0 Å². The first kappa shape index (κ1) is 22.5. The van der Waals surface area contributed by atoms with E-state index in [1.54, 1.807) is 13.2 Å². The number of hydrogen-bond donors (Lipinski definition) is 2. The minimum Gasteiger partial charge on any atom is -0.504 e. The van der Waals surface area contributed by atoms with E-state index in [4.69, 9.17) is 4.74 Å². The molecule has 0 bridgehead atoms. The minimum absolute atomic E-state index is 0. The van der Waals surface area contributed by atoms with Gasteiger partial charge < -0.3 is 15.2 Å². The summed E-state index contributed by atoms with van der Waals surface area (Å²) in [6.45, 7) is 7.73. The number of nitrogens with one attached hydrogen (secondary N) is 1. The Morgan fingerprint density at radius 3 is 2.61 bits per heavy atom. The number of halogens is 3. The van der Waals surface area contributed by atoms with Gasteiger partial charge in [0, 0.05) is 42.3 Å². The zero-order valence-electron chi connectivity index (χ0n) is 13.3. The molecule has 1 saturated heterocycles. The van der Waals surface area contributed by atoms with E-state index in [0.29, 0.717) is 5.75 Å². The number of piperazine rings is 1. The molecule has 2 N–H and O–H groups in total. The van der Waals surface area contributed by atoms with E-state index in [9.17, 15) is 5.11 Å². The van der Waals surface area contributed by atoms with Crippen molar-refractivity contribution in [2.45, 2.75) is 18.9 Å². The van der Waals surface area contributed by atoms with E-state index < -0.39 is 0 Å². The fourth-order valence-electron chi connectivity index (χ4n) is 2.82. The molecular weight excluding hydrogens is 403 g/mol. The van der Waals surface area contributed by atoms with Gasteiger partial charge in [-0.15, -0.1) is 31.4 Å². The van der Waals surface area contributed by atoms with Gasteiger partial charge in [-0.1, -0.05) is 22.0 Å². The van der Waals surface area contributed by atoms with Crippen molar-refractivity contribution < 1.29 is 9.84 Å². The maximum atomic E-state index is 10.5. The Balaban J connectivity index is 0.00000242. The van der Waals surface area contributed by atoms with Crippen LogP contribution in [0.3, 0.4) is 0 Å². The maximum absolute atomic E-state index is 10.5. The molecule has 0 radical (unpaired) electrons. The number of allylic oxidation sites excluding steroid dienone is 1. The zero-order valence-corrected chi connectivity index (χ0v) is 16.5. The van der Waals surface area contributed by atoms with Crippen LogP contribution in [-0.2, 0) is 0 Å². The Hall–Kier alpha value is -0.460. The second kappa shape index (κ2) is 11.2. The number of ether oxygens (including phenoxy) is 1. The molecule has 1 heterocycles. The quantitative estimate of drug-likeness (QED) is 0.675. The number of rotatable bonds is 6. The predicted octanol–water partition coefficient (Wildman–Crippen LogP) is 3.92. The third kappa shape index (κ3) is 5.54. The van der Waals surface area contributed by atoms with E-state index in [0.717, 1.165) is 49.1 Å². The standard InChI is InChI=1S/C16H23BrN2O2.2ClH/c1-3-4-5-13(19-10-8-18-9-11-19)15-12(17)6-7-14(21-2)16(15)20;;/h3,6-7,13,18,20H,1,4-5,8-11H2,2H3;2*1H/t13-;;/m0../s1. The number of phenols is 1. The summed E-state index contributed by atoms with van der Waals surface area (Å²) in [6.07, 6.45) is 3.78. The van der Waals surface area contributed by atoms with E-state index in [2.05, 4.69) is 32.7 Å². The van der Waals surface area contributed by atoms with Gasteiger partial charge in [0.1, 0.15) is 0 Å². The van der Waals surface area contributed by atoms with Crippen molar-refractivity contribution in [3.63, 3.8) is 0 Å². The Labute approximate surface area is 159 Å². The number of methoxy groups -OCH3 is 1. The number of aromatic hydroxyl groups is 1. The number of hydrogen-bond acceptors (Lipinski definition) is 4. The van der Waals surface area contributed by atoms with Crippen LogP contribution in [0.5, 0.6) is 11.5 Å². The average molecular weight is 428 g/mol. The Morgan fingerprint density at radius 1 is 1.39 bits per heavy atom. The number of nitrogens with zero attached hydrogens (tertiary/aromatic N) is 1. The molecule has 0 saturated carbocycles. The van der Waals surface area contributed by atoms with Crippen LogP contribution in [0.2, 0.25) is 0 Å². The SMILES string of the molecule is C=CCC[C@@H](c1c(Br)ccc(OC)c1O)N1CCNCC1.Cl.Cl. The lowest BCUT2D eigenvalue weighted by Crippen LogP contribution is -2.45. The molecule has 1 aliphatic rings. The molecule has 0 amide bonds. The molecule has 0 unspecified atom stereocenters. The number of phenolic OH excluding ortho intramolecular Hbond substituents is 1. The van der Waals surface area contributed by atoms with Gasteiger partial charge in [0.05, 0.1) is 7.11 Å². The summed E-state index contributed by atoms with van der Waals surface area (Å²) in [5.74, 6) is 0.756. The molecule has 1 atom stereocenters. The largest absolute Gasteiger partial charge is 0.504 e. The van der Waals surface area contributed by atoms with Crippen LogP contribution in [-0.4, -0.2) is 43.3 Å². The summed E-state index contributed by atoms with van der Waals surface area (Å²) >= 11 is 3.59. The van der Waals surface area contributed by atoms with Crippen LogP contribution in [0.1, 0.15) is 24.4 Å². The molecule has 0 spiro atoms. The van der Waals surface area contributed by atoms with Crippen molar-refractivity contribution in [3.05, 3.63) is 34.8 Å². The molecule has 2 rings (SSSR count). The third-order valence-electron chi connectivity index (χ3n) is 3.92. The van der Waals surface area contributed by atoms with Gasteiger partial charge in [-0.05, 0) is 25.0 Å². The molecule has 1 aliphatic heterocycles. The smallest absolute Gasteiger partial charge is 0.163 e. The van der Waals surface area contributed by atoms with Crippen LogP contribution in [0, 0.1) is 0 Å². The van der Waals surface area contributed by atoms with Crippen LogP contribution < -0.4 is 10.1 Å². The van der Waals surface area contributed by atoms with Crippen molar-refractivity contribution >= 4 is 40.7 Å². The molecule has 0 aliphatic carbocycles. The van der Waals surface area contributed by atoms with Gasteiger partial charge in [0.15, 0.2) is 11.5 Å².